The van der Waals surface area contributed by atoms with Crippen molar-refractivity contribution >= 4 is 28.3 Å². The highest BCUT2D eigenvalue weighted by atomic mass is 16.5. The second-order valence-electron chi connectivity index (χ2n) is 6.21. The summed E-state index contributed by atoms with van der Waals surface area (Å²) in [7, 11) is 0. The van der Waals surface area contributed by atoms with Crippen molar-refractivity contribution in [2.75, 3.05) is 25.1 Å². The first-order valence-electron chi connectivity index (χ1n) is 9.46. The lowest BCUT2D eigenvalue weighted by molar-refractivity contribution is -0.119. The Morgan fingerprint density at radius 1 is 0.828 bits per heavy atom. The molecular weight excluding hydrogens is 370 g/mol. The first-order chi connectivity index (χ1) is 14.1. The van der Waals surface area contributed by atoms with E-state index < -0.39 is 11.9 Å². The van der Waals surface area contributed by atoms with E-state index in [-0.39, 0.29) is 6.61 Å². The SMILES string of the molecule is CCOc1ccc(NC(=O)COC(=O)c2ccc3ccccc3c2)cc1OCC. The molecule has 6 heteroatoms. The van der Waals surface area contributed by atoms with Crippen LogP contribution in [0.15, 0.2) is 60.7 Å². The Hall–Kier alpha value is -3.54. The summed E-state index contributed by atoms with van der Waals surface area (Å²) in [6.45, 7) is 4.35. The number of carbonyl (C=O) groups excluding carboxylic acids is 2. The summed E-state index contributed by atoms with van der Waals surface area (Å²) in [5.41, 5.74) is 0.930. The molecule has 0 fully saturated rings. The average molecular weight is 393 g/mol. The van der Waals surface area contributed by atoms with Gasteiger partial charge in [-0.15, -0.1) is 0 Å². The third kappa shape index (κ3) is 5.25. The van der Waals surface area contributed by atoms with Crippen LogP contribution >= 0.6 is 0 Å². The van der Waals surface area contributed by atoms with Crippen molar-refractivity contribution in [3.05, 3.63) is 66.2 Å². The lowest BCUT2D eigenvalue weighted by atomic mass is 10.1. The third-order valence-electron chi connectivity index (χ3n) is 4.15. The van der Waals surface area contributed by atoms with Crippen LogP contribution in [-0.4, -0.2) is 31.7 Å². The molecule has 0 unspecified atom stereocenters. The highest BCUT2D eigenvalue weighted by molar-refractivity contribution is 5.98. The van der Waals surface area contributed by atoms with Crippen molar-refractivity contribution in [1.82, 2.24) is 0 Å². The molecule has 0 radical (unpaired) electrons. The fourth-order valence-corrected chi connectivity index (χ4v) is 2.86. The van der Waals surface area contributed by atoms with Gasteiger partial charge in [0.25, 0.3) is 5.91 Å². The van der Waals surface area contributed by atoms with Gasteiger partial charge in [0, 0.05) is 11.8 Å². The summed E-state index contributed by atoms with van der Waals surface area (Å²) in [6.07, 6.45) is 0. The minimum Gasteiger partial charge on any atom is -0.490 e. The highest BCUT2D eigenvalue weighted by Crippen LogP contribution is 2.30. The van der Waals surface area contributed by atoms with Gasteiger partial charge in [-0.2, -0.15) is 0 Å². The second kappa shape index (κ2) is 9.59. The van der Waals surface area contributed by atoms with Gasteiger partial charge >= 0.3 is 5.97 Å². The quantitative estimate of drug-likeness (QED) is 0.573. The maximum atomic E-state index is 12.3. The summed E-state index contributed by atoms with van der Waals surface area (Å²) in [5, 5.41) is 4.66. The molecule has 0 saturated carbocycles. The van der Waals surface area contributed by atoms with Crippen LogP contribution < -0.4 is 14.8 Å². The van der Waals surface area contributed by atoms with E-state index in [0.29, 0.717) is 36.0 Å². The number of carbonyl (C=O) groups is 2. The molecule has 0 aliphatic rings. The normalized spacial score (nSPS) is 10.4. The number of hydrogen-bond acceptors (Lipinski definition) is 5. The van der Waals surface area contributed by atoms with E-state index in [4.69, 9.17) is 14.2 Å². The minimum atomic E-state index is -0.549. The minimum absolute atomic E-state index is 0.386. The Morgan fingerprint density at radius 3 is 2.31 bits per heavy atom. The Morgan fingerprint density at radius 2 is 1.55 bits per heavy atom. The largest absolute Gasteiger partial charge is 0.490 e. The van der Waals surface area contributed by atoms with Crippen LogP contribution in [0.25, 0.3) is 10.8 Å². The van der Waals surface area contributed by atoms with Gasteiger partial charge in [-0.05, 0) is 48.9 Å². The molecule has 150 valence electrons. The molecule has 0 spiro atoms. The van der Waals surface area contributed by atoms with Crippen LogP contribution in [-0.2, 0) is 9.53 Å². The van der Waals surface area contributed by atoms with Crippen molar-refractivity contribution in [2.45, 2.75) is 13.8 Å². The second-order valence-corrected chi connectivity index (χ2v) is 6.21. The molecule has 1 N–H and O–H groups in total. The van der Waals surface area contributed by atoms with Crippen molar-refractivity contribution in [3.63, 3.8) is 0 Å². The molecule has 29 heavy (non-hydrogen) atoms. The summed E-state index contributed by atoms with van der Waals surface area (Å²) in [6, 6.07) is 18.1. The average Bonchev–Trinajstić information content (AvgIpc) is 2.74. The van der Waals surface area contributed by atoms with Crippen LogP contribution in [0, 0.1) is 0 Å². The molecular formula is C23H23NO5. The van der Waals surface area contributed by atoms with E-state index in [1.54, 1.807) is 30.3 Å². The standard InChI is InChI=1S/C23H23NO5/c1-3-27-20-12-11-19(14-21(20)28-4-2)24-22(25)15-29-23(26)18-10-9-16-7-5-6-8-17(16)13-18/h5-14H,3-4,15H2,1-2H3,(H,24,25). The third-order valence-corrected chi connectivity index (χ3v) is 4.15. The smallest absolute Gasteiger partial charge is 0.338 e. The van der Waals surface area contributed by atoms with Gasteiger partial charge in [-0.3, -0.25) is 4.79 Å². The van der Waals surface area contributed by atoms with Crippen molar-refractivity contribution in [1.29, 1.82) is 0 Å². The summed E-state index contributed by atoms with van der Waals surface area (Å²) < 4.78 is 16.2. The van der Waals surface area contributed by atoms with Crippen molar-refractivity contribution < 1.29 is 23.8 Å². The van der Waals surface area contributed by atoms with Crippen LogP contribution in [0.3, 0.4) is 0 Å². The fraction of sp³-hybridized carbons (Fsp3) is 0.217. The molecule has 0 aliphatic heterocycles. The molecule has 3 aromatic rings. The Balaban J connectivity index is 1.60. The number of hydrogen-bond donors (Lipinski definition) is 1. The lowest BCUT2D eigenvalue weighted by Crippen LogP contribution is -2.21. The molecule has 1 amide bonds. The van der Waals surface area contributed by atoms with Gasteiger partial charge in [0.15, 0.2) is 18.1 Å². The number of amides is 1. The molecule has 3 rings (SSSR count). The fourth-order valence-electron chi connectivity index (χ4n) is 2.86. The first-order valence-corrected chi connectivity index (χ1v) is 9.46. The molecule has 6 nitrogen and oxygen atoms in total. The van der Waals surface area contributed by atoms with E-state index in [1.165, 1.54) is 0 Å². The molecule has 0 atom stereocenters. The first kappa shape index (κ1) is 20.2. The van der Waals surface area contributed by atoms with Crippen LogP contribution in [0.2, 0.25) is 0 Å². The monoisotopic (exact) mass is 393 g/mol. The number of ether oxygens (including phenoxy) is 3. The predicted molar refractivity (Wildman–Crippen MR) is 112 cm³/mol. The Kier molecular flexibility index (Phi) is 6.68. The number of fused-ring (bicyclic) bond motifs is 1. The number of esters is 1. The van der Waals surface area contributed by atoms with Crippen LogP contribution in [0.1, 0.15) is 24.2 Å². The highest BCUT2D eigenvalue weighted by Gasteiger charge is 2.12. The number of nitrogens with one attached hydrogen (secondary N) is 1. The van der Waals surface area contributed by atoms with Crippen molar-refractivity contribution in [3.8, 4) is 11.5 Å². The molecule has 0 heterocycles. The van der Waals surface area contributed by atoms with Gasteiger partial charge in [-0.1, -0.05) is 30.3 Å². The molecule has 0 bridgehead atoms. The molecule has 0 aromatic heterocycles. The number of anilines is 1. The molecule has 0 aliphatic carbocycles. The lowest BCUT2D eigenvalue weighted by Gasteiger charge is -2.13. The zero-order valence-corrected chi connectivity index (χ0v) is 16.4. The summed E-state index contributed by atoms with van der Waals surface area (Å²) in [4.78, 5) is 24.4. The Labute approximate surface area is 169 Å². The topological polar surface area (TPSA) is 73.9 Å². The zero-order chi connectivity index (χ0) is 20.6. The zero-order valence-electron chi connectivity index (χ0n) is 16.4. The maximum Gasteiger partial charge on any atom is 0.338 e. The van der Waals surface area contributed by atoms with E-state index in [2.05, 4.69) is 5.32 Å². The number of benzene rings is 3. The predicted octanol–water partition coefficient (Wildman–Crippen LogP) is 4.43. The van der Waals surface area contributed by atoms with Gasteiger partial charge in [0.2, 0.25) is 0 Å². The Bertz CT molecular complexity index is 1020. The summed E-state index contributed by atoms with van der Waals surface area (Å²) in [5.74, 6) is 0.161. The van der Waals surface area contributed by atoms with E-state index in [0.717, 1.165) is 10.8 Å². The molecule has 0 saturated heterocycles. The van der Waals surface area contributed by atoms with Crippen molar-refractivity contribution in [2.24, 2.45) is 0 Å². The molecule has 3 aromatic carbocycles. The van der Waals surface area contributed by atoms with E-state index in [9.17, 15) is 9.59 Å². The van der Waals surface area contributed by atoms with Gasteiger partial charge in [-0.25, -0.2) is 4.79 Å². The van der Waals surface area contributed by atoms with Crippen LogP contribution in [0.4, 0.5) is 5.69 Å². The van der Waals surface area contributed by atoms with E-state index >= 15 is 0 Å². The number of rotatable bonds is 8. The van der Waals surface area contributed by atoms with Crippen LogP contribution in [0.5, 0.6) is 11.5 Å². The summed E-state index contributed by atoms with van der Waals surface area (Å²) >= 11 is 0. The van der Waals surface area contributed by atoms with E-state index in [1.807, 2.05) is 44.2 Å². The van der Waals surface area contributed by atoms with Gasteiger partial charge in [0.05, 0.1) is 18.8 Å². The maximum absolute atomic E-state index is 12.3. The van der Waals surface area contributed by atoms with Gasteiger partial charge < -0.3 is 19.5 Å². The van der Waals surface area contributed by atoms with Gasteiger partial charge in [0.1, 0.15) is 0 Å².